The predicted octanol–water partition coefficient (Wildman–Crippen LogP) is 2.36. The van der Waals surface area contributed by atoms with Crippen LogP contribution in [0.1, 0.15) is 5.56 Å². The van der Waals surface area contributed by atoms with Crippen molar-refractivity contribution in [1.82, 2.24) is 14.7 Å². The molecule has 0 aliphatic rings. The van der Waals surface area contributed by atoms with Crippen LogP contribution in [-0.2, 0) is 13.1 Å². The molecule has 0 saturated carbocycles. The minimum absolute atomic E-state index is 0.575. The van der Waals surface area contributed by atoms with E-state index in [1.54, 1.807) is 0 Å². The molecular weight excluding hydrogens is 292 g/mol. The number of nitrogens with zero attached hydrogens (tertiary/aromatic N) is 3. The van der Waals surface area contributed by atoms with Crippen LogP contribution in [0.15, 0.2) is 41.0 Å². The number of hydrogen-bond acceptors (Lipinski definition) is 3. The standard InChI is InChI=1S/C13H17BrN4/c1-17(8-9-18-7-6-13(15)16-18)10-11-2-4-12(14)5-3-11/h2-7H,8-10H2,1H3,(H2,15,16). The molecule has 4 nitrogen and oxygen atoms in total. The minimum Gasteiger partial charge on any atom is -0.382 e. The second-order valence-corrected chi connectivity index (χ2v) is 5.28. The fourth-order valence-corrected chi connectivity index (χ4v) is 2.02. The van der Waals surface area contributed by atoms with Crippen molar-refractivity contribution in [3.63, 3.8) is 0 Å². The maximum Gasteiger partial charge on any atom is 0.145 e. The first-order chi connectivity index (χ1) is 8.63. The molecule has 0 amide bonds. The Bertz CT molecular complexity index is 492. The average Bonchev–Trinajstić information content (AvgIpc) is 2.76. The minimum atomic E-state index is 0.575. The Morgan fingerprint density at radius 2 is 2.00 bits per heavy atom. The van der Waals surface area contributed by atoms with Crippen molar-refractivity contribution < 1.29 is 0 Å². The lowest BCUT2D eigenvalue weighted by Gasteiger charge is -2.16. The van der Waals surface area contributed by atoms with Gasteiger partial charge < -0.3 is 10.6 Å². The van der Waals surface area contributed by atoms with Crippen molar-refractivity contribution in [2.45, 2.75) is 13.1 Å². The third kappa shape index (κ3) is 3.85. The summed E-state index contributed by atoms with van der Waals surface area (Å²) in [5.74, 6) is 0.575. The molecule has 18 heavy (non-hydrogen) atoms. The monoisotopic (exact) mass is 308 g/mol. The van der Waals surface area contributed by atoms with Crippen molar-refractivity contribution in [2.75, 3.05) is 19.3 Å². The third-order valence-corrected chi connectivity index (χ3v) is 3.27. The fraction of sp³-hybridized carbons (Fsp3) is 0.308. The number of rotatable bonds is 5. The van der Waals surface area contributed by atoms with Gasteiger partial charge in [0.15, 0.2) is 0 Å². The van der Waals surface area contributed by atoms with Crippen LogP contribution in [0.25, 0.3) is 0 Å². The van der Waals surface area contributed by atoms with Gasteiger partial charge >= 0.3 is 0 Å². The fourth-order valence-electron chi connectivity index (χ4n) is 1.76. The van der Waals surface area contributed by atoms with Crippen LogP contribution in [0.5, 0.6) is 0 Å². The molecule has 1 aromatic carbocycles. The van der Waals surface area contributed by atoms with E-state index in [9.17, 15) is 0 Å². The molecule has 0 fully saturated rings. The molecule has 2 aromatic rings. The number of halogens is 1. The lowest BCUT2D eigenvalue weighted by Crippen LogP contribution is -2.23. The Morgan fingerprint density at radius 1 is 1.28 bits per heavy atom. The molecule has 0 bridgehead atoms. The Balaban J connectivity index is 1.81. The van der Waals surface area contributed by atoms with Crippen LogP contribution in [-0.4, -0.2) is 28.3 Å². The van der Waals surface area contributed by atoms with Crippen LogP contribution in [0.4, 0.5) is 5.82 Å². The lowest BCUT2D eigenvalue weighted by atomic mass is 10.2. The molecule has 5 heteroatoms. The summed E-state index contributed by atoms with van der Waals surface area (Å²) in [5, 5.41) is 4.16. The molecule has 0 aliphatic heterocycles. The molecule has 96 valence electrons. The first-order valence-corrected chi connectivity index (χ1v) is 6.65. The van der Waals surface area contributed by atoms with Gasteiger partial charge in [0.25, 0.3) is 0 Å². The topological polar surface area (TPSA) is 47.1 Å². The molecule has 2 rings (SSSR count). The van der Waals surface area contributed by atoms with E-state index in [1.165, 1.54) is 5.56 Å². The van der Waals surface area contributed by atoms with Gasteiger partial charge in [0, 0.05) is 23.8 Å². The van der Waals surface area contributed by atoms with E-state index >= 15 is 0 Å². The molecule has 0 radical (unpaired) electrons. The SMILES string of the molecule is CN(CCn1ccc(N)n1)Cc1ccc(Br)cc1. The highest BCUT2D eigenvalue weighted by Crippen LogP contribution is 2.11. The molecule has 0 saturated heterocycles. The van der Waals surface area contributed by atoms with Gasteiger partial charge in [-0.3, -0.25) is 4.68 Å². The summed E-state index contributed by atoms with van der Waals surface area (Å²) in [7, 11) is 2.11. The first-order valence-electron chi connectivity index (χ1n) is 5.85. The maximum absolute atomic E-state index is 5.57. The zero-order valence-corrected chi connectivity index (χ0v) is 12.0. The van der Waals surface area contributed by atoms with Crippen molar-refractivity contribution in [1.29, 1.82) is 0 Å². The highest BCUT2D eigenvalue weighted by Gasteiger charge is 2.01. The third-order valence-electron chi connectivity index (χ3n) is 2.74. The molecule has 0 atom stereocenters. The van der Waals surface area contributed by atoms with Crippen LogP contribution in [0.2, 0.25) is 0 Å². The summed E-state index contributed by atoms with van der Waals surface area (Å²) in [5.41, 5.74) is 6.88. The summed E-state index contributed by atoms with van der Waals surface area (Å²) >= 11 is 3.44. The molecule has 0 spiro atoms. The quantitative estimate of drug-likeness (QED) is 0.922. The van der Waals surface area contributed by atoms with Gasteiger partial charge in [-0.25, -0.2) is 0 Å². The van der Waals surface area contributed by atoms with E-state index in [-0.39, 0.29) is 0 Å². The zero-order valence-electron chi connectivity index (χ0n) is 10.4. The van der Waals surface area contributed by atoms with Gasteiger partial charge in [-0.15, -0.1) is 0 Å². The number of benzene rings is 1. The van der Waals surface area contributed by atoms with E-state index in [0.29, 0.717) is 5.82 Å². The Morgan fingerprint density at radius 3 is 2.61 bits per heavy atom. The number of nitrogen functional groups attached to an aromatic ring is 1. The molecule has 0 unspecified atom stereocenters. The number of aromatic nitrogens is 2. The Kier molecular flexibility index (Phi) is 4.38. The predicted molar refractivity (Wildman–Crippen MR) is 77.1 cm³/mol. The molecule has 0 aliphatic carbocycles. The van der Waals surface area contributed by atoms with Crippen molar-refractivity contribution in [2.24, 2.45) is 0 Å². The second-order valence-electron chi connectivity index (χ2n) is 4.37. The summed E-state index contributed by atoms with van der Waals surface area (Å²) in [6.07, 6.45) is 1.91. The number of anilines is 1. The molecule has 1 aromatic heterocycles. The summed E-state index contributed by atoms with van der Waals surface area (Å²) in [6.45, 7) is 2.73. The smallest absolute Gasteiger partial charge is 0.145 e. The van der Waals surface area contributed by atoms with E-state index in [2.05, 4.69) is 57.2 Å². The van der Waals surface area contributed by atoms with Crippen LogP contribution >= 0.6 is 15.9 Å². The van der Waals surface area contributed by atoms with E-state index in [4.69, 9.17) is 5.73 Å². The van der Waals surface area contributed by atoms with Gasteiger partial charge in [-0.1, -0.05) is 28.1 Å². The van der Waals surface area contributed by atoms with E-state index in [1.807, 2.05) is 16.9 Å². The summed E-state index contributed by atoms with van der Waals surface area (Å²) in [4.78, 5) is 2.26. The zero-order chi connectivity index (χ0) is 13.0. The molecular formula is C13H17BrN4. The van der Waals surface area contributed by atoms with Gasteiger partial charge in [-0.2, -0.15) is 5.10 Å². The van der Waals surface area contributed by atoms with Crippen LogP contribution in [0.3, 0.4) is 0 Å². The van der Waals surface area contributed by atoms with Crippen molar-refractivity contribution in [3.8, 4) is 0 Å². The van der Waals surface area contributed by atoms with Gasteiger partial charge in [0.05, 0.1) is 6.54 Å². The Labute approximate surface area is 116 Å². The number of hydrogen-bond donors (Lipinski definition) is 1. The number of nitrogens with two attached hydrogens (primary N) is 1. The van der Waals surface area contributed by atoms with Gasteiger partial charge in [-0.05, 0) is 30.8 Å². The van der Waals surface area contributed by atoms with Crippen LogP contribution < -0.4 is 5.73 Å². The first kappa shape index (κ1) is 13.1. The van der Waals surface area contributed by atoms with E-state index < -0.39 is 0 Å². The van der Waals surface area contributed by atoms with Gasteiger partial charge in [0.2, 0.25) is 0 Å². The normalized spacial score (nSPS) is 11.1. The largest absolute Gasteiger partial charge is 0.382 e. The molecule has 1 heterocycles. The summed E-state index contributed by atoms with van der Waals surface area (Å²) in [6, 6.07) is 10.2. The second kappa shape index (κ2) is 6.02. The van der Waals surface area contributed by atoms with E-state index in [0.717, 1.165) is 24.1 Å². The van der Waals surface area contributed by atoms with Crippen molar-refractivity contribution >= 4 is 21.7 Å². The molecule has 2 N–H and O–H groups in total. The number of likely N-dealkylation sites (N-methyl/N-ethyl adjacent to an activating group) is 1. The lowest BCUT2D eigenvalue weighted by molar-refractivity contribution is 0.305. The highest BCUT2D eigenvalue weighted by atomic mass is 79.9. The van der Waals surface area contributed by atoms with Gasteiger partial charge in [0.1, 0.15) is 5.82 Å². The Hall–Kier alpha value is -1.33. The highest BCUT2D eigenvalue weighted by molar-refractivity contribution is 9.10. The van der Waals surface area contributed by atoms with Crippen LogP contribution in [0, 0.1) is 0 Å². The average molecular weight is 309 g/mol. The maximum atomic E-state index is 5.57. The van der Waals surface area contributed by atoms with Crippen molar-refractivity contribution in [3.05, 3.63) is 46.6 Å². The summed E-state index contributed by atoms with van der Waals surface area (Å²) < 4.78 is 2.98.